The highest BCUT2D eigenvalue weighted by Gasteiger charge is 2.14. The number of Topliss-reactive ketones (excluding diaryl/α,β-unsaturated/α-hetero) is 1. The summed E-state index contributed by atoms with van der Waals surface area (Å²) in [5, 5.41) is 10.5. The summed E-state index contributed by atoms with van der Waals surface area (Å²) in [6.45, 7) is 0.992. The van der Waals surface area contributed by atoms with Gasteiger partial charge in [-0.25, -0.2) is 0 Å². The molecule has 0 radical (unpaired) electrons. The number of esters is 1. The van der Waals surface area contributed by atoms with Crippen LogP contribution in [0.2, 0.25) is 0 Å². The van der Waals surface area contributed by atoms with Gasteiger partial charge in [0, 0.05) is 10.6 Å². The SMILES string of the molecule is C/C(N)=C(/C#N)C(=O)COC(=O)Cc1cccs1. The molecule has 0 spiro atoms. The average molecular weight is 264 g/mol. The van der Waals surface area contributed by atoms with Gasteiger partial charge in [-0.05, 0) is 18.4 Å². The number of ether oxygens (including phenoxy) is 1. The Balaban J connectivity index is 2.47. The zero-order valence-electron chi connectivity index (χ0n) is 9.80. The van der Waals surface area contributed by atoms with Crippen LogP contribution in [0, 0.1) is 11.3 Å². The quantitative estimate of drug-likeness (QED) is 0.489. The molecule has 6 heteroatoms. The maximum atomic E-state index is 11.5. The van der Waals surface area contributed by atoms with E-state index in [0.29, 0.717) is 0 Å². The predicted octanol–water partition coefficient (Wildman–Crippen LogP) is 1.16. The molecule has 0 amide bonds. The van der Waals surface area contributed by atoms with E-state index in [1.165, 1.54) is 18.3 Å². The fraction of sp³-hybridized carbons (Fsp3) is 0.250. The second-order valence-electron chi connectivity index (χ2n) is 3.51. The van der Waals surface area contributed by atoms with Crippen LogP contribution in [0.25, 0.3) is 0 Å². The van der Waals surface area contributed by atoms with Crippen LogP contribution >= 0.6 is 11.3 Å². The van der Waals surface area contributed by atoms with Crippen molar-refractivity contribution < 1.29 is 14.3 Å². The minimum absolute atomic E-state index is 0.122. The normalized spacial score (nSPS) is 11.3. The third kappa shape index (κ3) is 4.03. The molecule has 0 saturated heterocycles. The summed E-state index contributed by atoms with van der Waals surface area (Å²) in [6.07, 6.45) is 0.123. The third-order valence-electron chi connectivity index (χ3n) is 2.05. The monoisotopic (exact) mass is 264 g/mol. The van der Waals surface area contributed by atoms with Gasteiger partial charge in [0.1, 0.15) is 11.6 Å². The summed E-state index contributed by atoms with van der Waals surface area (Å²) in [5.41, 5.74) is 5.32. The average Bonchev–Trinajstić information content (AvgIpc) is 2.79. The van der Waals surface area contributed by atoms with Gasteiger partial charge in [0.15, 0.2) is 6.61 Å². The number of hydrogen-bond donors (Lipinski definition) is 1. The summed E-state index contributed by atoms with van der Waals surface area (Å²) >= 11 is 1.43. The lowest BCUT2D eigenvalue weighted by molar-refractivity contribution is -0.146. The topological polar surface area (TPSA) is 93.2 Å². The number of carbonyl (C=O) groups is 2. The van der Waals surface area contributed by atoms with E-state index in [1.807, 2.05) is 11.4 Å². The molecular formula is C12H12N2O3S. The van der Waals surface area contributed by atoms with Gasteiger partial charge in [-0.1, -0.05) is 6.07 Å². The van der Waals surface area contributed by atoms with Gasteiger partial charge in [-0.2, -0.15) is 5.26 Å². The molecular weight excluding hydrogens is 252 g/mol. The molecule has 1 aromatic heterocycles. The minimum atomic E-state index is -0.586. The minimum Gasteiger partial charge on any atom is -0.457 e. The molecule has 1 rings (SSSR count). The van der Waals surface area contributed by atoms with Crippen molar-refractivity contribution in [1.82, 2.24) is 0 Å². The molecule has 2 N–H and O–H groups in total. The van der Waals surface area contributed by atoms with Crippen LogP contribution in [0.15, 0.2) is 28.8 Å². The third-order valence-corrected chi connectivity index (χ3v) is 2.92. The highest BCUT2D eigenvalue weighted by atomic mass is 32.1. The van der Waals surface area contributed by atoms with E-state index in [0.717, 1.165) is 4.88 Å². The van der Waals surface area contributed by atoms with E-state index in [9.17, 15) is 9.59 Å². The fourth-order valence-corrected chi connectivity index (χ4v) is 1.89. The standard InChI is InChI=1S/C12H12N2O3S/c1-8(14)10(6-13)11(15)7-17-12(16)5-9-3-2-4-18-9/h2-4H,5,7,14H2,1H3/b10-8+. The van der Waals surface area contributed by atoms with Crippen LogP contribution in [-0.4, -0.2) is 18.4 Å². The number of rotatable bonds is 5. The van der Waals surface area contributed by atoms with E-state index in [-0.39, 0.29) is 17.7 Å². The van der Waals surface area contributed by atoms with Crippen molar-refractivity contribution in [2.75, 3.05) is 6.61 Å². The summed E-state index contributed by atoms with van der Waals surface area (Å²) in [7, 11) is 0. The Bertz CT molecular complexity index is 508. The zero-order valence-corrected chi connectivity index (χ0v) is 10.6. The Hall–Kier alpha value is -2.13. The first-order valence-electron chi connectivity index (χ1n) is 5.12. The molecule has 0 aliphatic rings. The lowest BCUT2D eigenvalue weighted by Crippen LogP contribution is -2.18. The van der Waals surface area contributed by atoms with Crippen LogP contribution in [0.3, 0.4) is 0 Å². The van der Waals surface area contributed by atoms with Gasteiger partial charge >= 0.3 is 5.97 Å². The summed E-state index contributed by atoms with van der Waals surface area (Å²) in [5.74, 6) is -1.09. The molecule has 1 heterocycles. The van der Waals surface area contributed by atoms with Crippen molar-refractivity contribution in [1.29, 1.82) is 5.26 Å². The molecule has 0 atom stereocenters. The summed E-state index contributed by atoms with van der Waals surface area (Å²) < 4.78 is 4.79. The number of hydrogen-bond acceptors (Lipinski definition) is 6. The Morgan fingerprint density at radius 2 is 2.28 bits per heavy atom. The molecule has 0 aliphatic carbocycles. The maximum Gasteiger partial charge on any atom is 0.311 e. The molecule has 0 saturated carbocycles. The van der Waals surface area contributed by atoms with Gasteiger partial charge in [0.05, 0.1) is 6.42 Å². The molecule has 18 heavy (non-hydrogen) atoms. The van der Waals surface area contributed by atoms with Gasteiger partial charge in [-0.15, -0.1) is 11.3 Å². The number of ketones is 1. The van der Waals surface area contributed by atoms with Crippen molar-refractivity contribution >= 4 is 23.1 Å². The first-order chi connectivity index (χ1) is 8.54. The van der Waals surface area contributed by atoms with Gasteiger partial charge in [0.25, 0.3) is 0 Å². The molecule has 1 aromatic rings. The first-order valence-corrected chi connectivity index (χ1v) is 6.00. The number of nitrogens with zero attached hydrogens (tertiary/aromatic N) is 1. The van der Waals surface area contributed by atoms with Gasteiger partial charge < -0.3 is 10.5 Å². The number of thiophene rings is 1. The molecule has 94 valence electrons. The van der Waals surface area contributed by atoms with Crippen molar-refractivity contribution in [3.05, 3.63) is 33.7 Å². The summed E-state index contributed by atoms with van der Waals surface area (Å²) in [4.78, 5) is 23.7. The molecule has 0 aliphatic heterocycles. The van der Waals surface area contributed by atoms with Crippen LogP contribution in [-0.2, 0) is 20.7 Å². The van der Waals surface area contributed by atoms with Crippen LogP contribution in [0.4, 0.5) is 0 Å². The van der Waals surface area contributed by atoms with E-state index in [1.54, 1.807) is 12.1 Å². The van der Waals surface area contributed by atoms with Crippen molar-refractivity contribution in [2.45, 2.75) is 13.3 Å². The number of allylic oxidation sites excluding steroid dienone is 1. The Morgan fingerprint density at radius 3 is 2.78 bits per heavy atom. The Morgan fingerprint density at radius 1 is 1.56 bits per heavy atom. The van der Waals surface area contributed by atoms with Gasteiger partial charge in [-0.3, -0.25) is 9.59 Å². The van der Waals surface area contributed by atoms with E-state index >= 15 is 0 Å². The van der Waals surface area contributed by atoms with Crippen LogP contribution < -0.4 is 5.73 Å². The first kappa shape index (κ1) is 13.9. The fourth-order valence-electron chi connectivity index (χ4n) is 1.20. The highest BCUT2D eigenvalue weighted by Crippen LogP contribution is 2.09. The molecule has 0 aromatic carbocycles. The molecule has 0 unspecified atom stereocenters. The Kier molecular flexibility index (Phi) is 5.08. The lowest BCUT2D eigenvalue weighted by atomic mass is 10.1. The van der Waals surface area contributed by atoms with E-state index in [2.05, 4.69) is 0 Å². The second kappa shape index (κ2) is 6.57. The molecule has 0 fully saturated rings. The molecule has 0 bridgehead atoms. The highest BCUT2D eigenvalue weighted by molar-refractivity contribution is 7.10. The van der Waals surface area contributed by atoms with Gasteiger partial charge in [0.2, 0.25) is 5.78 Å². The van der Waals surface area contributed by atoms with E-state index in [4.69, 9.17) is 15.7 Å². The van der Waals surface area contributed by atoms with Crippen LogP contribution in [0.1, 0.15) is 11.8 Å². The van der Waals surface area contributed by atoms with Crippen molar-refractivity contribution in [2.24, 2.45) is 5.73 Å². The maximum absolute atomic E-state index is 11.5. The van der Waals surface area contributed by atoms with Crippen molar-refractivity contribution in [3.63, 3.8) is 0 Å². The van der Waals surface area contributed by atoms with Crippen molar-refractivity contribution in [3.8, 4) is 6.07 Å². The largest absolute Gasteiger partial charge is 0.457 e. The van der Waals surface area contributed by atoms with E-state index < -0.39 is 18.4 Å². The Labute approximate surface area is 108 Å². The zero-order chi connectivity index (χ0) is 13.5. The lowest BCUT2D eigenvalue weighted by Gasteiger charge is -2.03. The number of nitriles is 1. The number of carbonyl (C=O) groups excluding carboxylic acids is 2. The number of nitrogens with two attached hydrogens (primary N) is 1. The smallest absolute Gasteiger partial charge is 0.311 e. The predicted molar refractivity (Wildman–Crippen MR) is 66.5 cm³/mol. The summed E-state index contributed by atoms with van der Waals surface area (Å²) in [6, 6.07) is 5.32. The van der Waals surface area contributed by atoms with Crippen LogP contribution in [0.5, 0.6) is 0 Å². The second-order valence-corrected chi connectivity index (χ2v) is 4.54. The molecule has 5 nitrogen and oxygen atoms in total.